The van der Waals surface area contributed by atoms with E-state index in [1.807, 2.05) is 25.7 Å². The monoisotopic (exact) mass is 287 g/mol. The Kier molecular flexibility index (Phi) is 3.67. The van der Waals surface area contributed by atoms with Gasteiger partial charge in [0, 0.05) is 18.0 Å². The van der Waals surface area contributed by atoms with Crippen molar-refractivity contribution in [2.24, 2.45) is 5.73 Å². The van der Waals surface area contributed by atoms with E-state index in [-0.39, 0.29) is 23.5 Å². The van der Waals surface area contributed by atoms with Crippen LogP contribution in [0.2, 0.25) is 4.34 Å². The molecule has 1 fully saturated rings. The summed E-state index contributed by atoms with van der Waals surface area (Å²) in [5.41, 5.74) is 5.93. The highest BCUT2D eigenvalue weighted by Gasteiger charge is 2.42. The third-order valence-electron chi connectivity index (χ3n) is 3.12. The smallest absolute Gasteiger partial charge is 0.223 e. The molecule has 2 N–H and O–H groups in total. The molecule has 1 aliphatic rings. The van der Waals surface area contributed by atoms with Gasteiger partial charge in [-0.15, -0.1) is 11.3 Å². The van der Waals surface area contributed by atoms with Crippen LogP contribution in [0.1, 0.15) is 44.7 Å². The molecular weight excluding hydrogens is 270 g/mol. The van der Waals surface area contributed by atoms with Gasteiger partial charge in [0.15, 0.2) is 0 Å². The minimum Gasteiger partial charge on any atom is -0.327 e. The first-order chi connectivity index (χ1) is 8.30. The van der Waals surface area contributed by atoms with Crippen LogP contribution in [0.15, 0.2) is 6.20 Å². The molecule has 1 amide bonds. The molecule has 0 radical (unpaired) electrons. The Bertz CT molecular complexity index is 454. The lowest BCUT2D eigenvalue weighted by atomic mass is 9.91. The van der Waals surface area contributed by atoms with Crippen molar-refractivity contribution in [3.05, 3.63) is 15.5 Å². The SMILES string of the molecule is CC(C)(C)N1C(=O)CCC(N)C1c1ncc(Cl)s1. The first kappa shape index (κ1) is 13.8. The molecule has 2 rings (SSSR count). The van der Waals surface area contributed by atoms with Crippen molar-refractivity contribution in [2.75, 3.05) is 0 Å². The maximum atomic E-state index is 12.2. The Hall–Kier alpha value is -0.650. The molecule has 0 saturated carbocycles. The van der Waals surface area contributed by atoms with E-state index in [9.17, 15) is 4.79 Å². The molecule has 0 spiro atoms. The Balaban J connectivity index is 2.41. The normalized spacial score (nSPS) is 25.6. The molecule has 0 aromatic carbocycles. The molecule has 2 unspecified atom stereocenters. The van der Waals surface area contributed by atoms with E-state index < -0.39 is 0 Å². The van der Waals surface area contributed by atoms with Crippen molar-refractivity contribution in [2.45, 2.75) is 51.2 Å². The number of hydrogen-bond donors (Lipinski definition) is 1. The van der Waals surface area contributed by atoms with Crippen LogP contribution in [-0.4, -0.2) is 27.4 Å². The van der Waals surface area contributed by atoms with E-state index in [2.05, 4.69) is 4.98 Å². The second-order valence-corrected chi connectivity index (χ2v) is 7.28. The van der Waals surface area contributed by atoms with Crippen LogP contribution in [0.3, 0.4) is 0 Å². The van der Waals surface area contributed by atoms with Gasteiger partial charge in [0.1, 0.15) is 9.34 Å². The molecule has 2 atom stereocenters. The van der Waals surface area contributed by atoms with E-state index in [0.717, 1.165) is 5.01 Å². The van der Waals surface area contributed by atoms with E-state index >= 15 is 0 Å². The number of nitrogens with two attached hydrogens (primary N) is 1. The maximum Gasteiger partial charge on any atom is 0.223 e. The lowest BCUT2D eigenvalue weighted by molar-refractivity contribution is -0.144. The third-order valence-corrected chi connectivity index (χ3v) is 4.30. The Morgan fingerprint density at radius 2 is 2.22 bits per heavy atom. The van der Waals surface area contributed by atoms with Gasteiger partial charge in [0.2, 0.25) is 5.91 Å². The van der Waals surface area contributed by atoms with Crippen molar-refractivity contribution >= 4 is 28.8 Å². The molecule has 0 bridgehead atoms. The summed E-state index contributed by atoms with van der Waals surface area (Å²) in [6, 6.07) is -0.243. The van der Waals surface area contributed by atoms with Gasteiger partial charge in [-0.25, -0.2) is 4.98 Å². The summed E-state index contributed by atoms with van der Waals surface area (Å²) >= 11 is 7.34. The number of hydrogen-bond acceptors (Lipinski definition) is 4. The van der Waals surface area contributed by atoms with Crippen LogP contribution in [0.5, 0.6) is 0 Å². The molecule has 4 nitrogen and oxygen atoms in total. The lowest BCUT2D eigenvalue weighted by Crippen LogP contribution is -2.56. The van der Waals surface area contributed by atoms with Crippen molar-refractivity contribution in [3.8, 4) is 0 Å². The largest absolute Gasteiger partial charge is 0.327 e. The zero-order chi connectivity index (χ0) is 13.5. The van der Waals surface area contributed by atoms with Crippen LogP contribution in [0.25, 0.3) is 0 Å². The summed E-state index contributed by atoms with van der Waals surface area (Å²) in [6.07, 6.45) is 2.83. The molecule has 2 heterocycles. The fraction of sp³-hybridized carbons (Fsp3) is 0.667. The zero-order valence-corrected chi connectivity index (χ0v) is 12.4. The summed E-state index contributed by atoms with van der Waals surface area (Å²) in [6.45, 7) is 6.06. The summed E-state index contributed by atoms with van der Waals surface area (Å²) in [5.74, 6) is 0.139. The standard InChI is InChI=1S/C12H18ClN3OS/c1-12(2,3)16-9(17)5-4-7(14)10(16)11-15-6-8(13)18-11/h6-7,10H,4-5,14H2,1-3H3. The molecule has 1 aliphatic heterocycles. The average Bonchev–Trinajstić information content (AvgIpc) is 2.66. The van der Waals surface area contributed by atoms with Crippen molar-refractivity contribution in [3.63, 3.8) is 0 Å². The topological polar surface area (TPSA) is 59.2 Å². The van der Waals surface area contributed by atoms with Crippen LogP contribution in [-0.2, 0) is 4.79 Å². The number of rotatable bonds is 1. The molecule has 1 aromatic heterocycles. The number of likely N-dealkylation sites (tertiary alicyclic amines) is 1. The summed E-state index contributed by atoms with van der Waals surface area (Å²) in [4.78, 5) is 18.3. The molecule has 6 heteroatoms. The lowest BCUT2D eigenvalue weighted by Gasteiger charge is -2.46. The summed E-state index contributed by atoms with van der Waals surface area (Å²) in [5, 5.41) is 0.829. The zero-order valence-electron chi connectivity index (χ0n) is 10.8. The summed E-state index contributed by atoms with van der Waals surface area (Å²) in [7, 11) is 0. The van der Waals surface area contributed by atoms with Crippen LogP contribution in [0, 0.1) is 0 Å². The first-order valence-electron chi connectivity index (χ1n) is 5.99. The average molecular weight is 288 g/mol. The van der Waals surface area contributed by atoms with Gasteiger partial charge in [-0.2, -0.15) is 0 Å². The van der Waals surface area contributed by atoms with Crippen LogP contribution in [0.4, 0.5) is 0 Å². The highest BCUT2D eigenvalue weighted by Crippen LogP contribution is 2.38. The van der Waals surface area contributed by atoms with E-state index in [0.29, 0.717) is 17.2 Å². The Morgan fingerprint density at radius 3 is 2.72 bits per heavy atom. The number of thiazole rings is 1. The molecule has 1 aromatic rings. The third kappa shape index (κ3) is 2.53. The number of halogens is 1. The van der Waals surface area contributed by atoms with Gasteiger partial charge in [-0.05, 0) is 27.2 Å². The fourth-order valence-corrected chi connectivity index (χ4v) is 3.50. The number of amides is 1. The molecule has 100 valence electrons. The summed E-state index contributed by atoms with van der Waals surface area (Å²) < 4.78 is 0.629. The molecule has 18 heavy (non-hydrogen) atoms. The van der Waals surface area contributed by atoms with Gasteiger partial charge in [-0.3, -0.25) is 4.79 Å². The second kappa shape index (κ2) is 4.79. The Morgan fingerprint density at radius 1 is 1.56 bits per heavy atom. The van der Waals surface area contributed by atoms with Crippen molar-refractivity contribution in [1.29, 1.82) is 0 Å². The van der Waals surface area contributed by atoms with Gasteiger partial charge in [-0.1, -0.05) is 11.6 Å². The van der Waals surface area contributed by atoms with Gasteiger partial charge < -0.3 is 10.6 Å². The minimum absolute atomic E-state index is 0.0795. The number of aromatic nitrogens is 1. The van der Waals surface area contributed by atoms with E-state index in [1.54, 1.807) is 6.20 Å². The van der Waals surface area contributed by atoms with Gasteiger partial charge >= 0.3 is 0 Å². The predicted molar refractivity (Wildman–Crippen MR) is 73.7 cm³/mol. The number of nitrogens with zero attached hydrogens (tertiary/aromatic N) is 2. The van der Waals surface area contributed by atoms with Gasteiger partial charge in [0.05, 0.1) is 12.2 Å². The Labute approximate surface area is 116 Å². The van der Waals surface area contributed by atoms with Crippen LogP contribution < -0.4 is 5.73 Å². The molecular formula is C12H18ClN3OS. The fourth-order valence-electron chi connectivity index (χ4n) is 2.40. The van der Waals surface area contributed by atoms with E-state index in [1.165, 1.54) is 11.3 Å². The number of piperidine rings is 1. The number of carbonyl (C=O) groups excluding carboxylic acids is 1. The molecule has 1 saturated heterocycles. The molecule has 0 aliphatic carbocycles. The highest BCUT2D eigenvalue weighted by atomic mass is 35.5. The highest BCUT2D eigenvalue weighted by molar-refractivity contribution is 7.15. The first-order valence-corrected chi connectivity index (χ1v) is 7.19. The van der Waals surface area contributed by atoms with Crippen LogP contribution >= 0.6 is 22.9 Å². The maximum absolute atomic E-state index is 12.2. The van der Waals surface area contributed by atoms with Gasteiger partial charge in [0.25, 0.3) is 0 Å². The number of carbonyl (C=O) groups is 1. The van der Waals surface area contributed by atoms with E-state index in [4.69, 9.17) is 17.3 Å². The quantitative estimate of drug-likeness (QED) is 0.864. The van der Waals surface area contributed by atoms with Crippen molar-refractivity contribution in [1.82, 2.24) is 9.88 Å². The van der Waals surface area contributed by atoms with Crippen molar-refractivity contribution < 1.29 is 4.79 Å². The minimum atomic E-state index is -0.266. The second-order valence-electron chi connectivity index (χ2n) is 5.58. The predicted octanol–water partition coefficient (Wildman–Crippen LogP) is 2.59.